The van der Waals surface area contributed by atoms with Gasteiger partial charge in [0.2, 0.25) is 0 Å². The van der Waals surface area contributed by atoms with Crippen LogP contribution in [0.25, 0.3) is 0 Å². The van der Waals surface area contributed by atoms with Crippen molar-refractivity contribution in [3.05, 3.63) is 10.1 Å². The Balaban J connectivity index is 0. The van der Waals surface area contributed by atoms with Crippen molar-refractivity contribution in [2.75, 3.05) is 7.05 Å². The van der Waals surface area contributed by atoms with Gasteiger partial charge in [0.25, 0.3) is 5.09 Å². The molecule has 6 nitrogen and oxygen atoms in total. The first-order valence-corrected chi connectivity index (χ1v) is 2.19. The summed E-state index contributed by atoms with van der Waals surface area (Å²) in [5.41, 5.74) is 0. The number of nitrogens with one attached hydrogen (secondary N) is 1. The minimum atomic E-state index is -1.50. The summed E-state index contributed by atoms with van der Waals surface area (Å²) < 4.78 is 0. The highest BCUT2D eigenvalue weighted by atomic mass is 16.9. The molecule has 9 heavy (non-hydrogen) atoms. The van der Waals surface area contributed by atoms with E-state index in [1.54, 1.807) is 14.0 Å². The lowest BCUT2D eigenvalue weighted by Gasteiger charge is -1.94. The molecule has 0 amide bonds. The molecule has 1 atom stereocenters. The molecule has 0 heterocycles. The van der Waals surface area contributed by atoms with Crippen LogP contribution in [0.15, 0.2) is 0 Å². The van der Waals surface area contributed by atoms with Crippen molar-refractivity contribution in [1.29, 1.82) is 0 Å². The topological polar surface area (TPSA) is 95.6 Å². The maximum atomic E-state index is 8.36. The van der Waals surface area contributed by atoms with E-state index in [-0.39, 0.29) is 6.23 Å². The normalized spacial score (nSPS) is 11.0. The van der Waals surface area contributed by atoms with Gasteiger partial charge >= 0.3 is 0 Å². The molecule has 0 aromatic rings. The number of aliphatic hydroxyl groups is 1. The Morgan fingerprint density at radius 3 is 1.89 bits per heavy atom. The standard InChI is InChI=1S/C3H9NO.HNO3/c1-3(5)4-2;2-1(3)4/h3-5H,1-2H3;(H,2,3,4). The van der Waals surface area contributed by atoms with Crippen molar-refractivity contribution in [2.45, 2.75) is 13.2 Å². The van der Waals surface area contributed by atoms with Gasteiger partial charge in [0, 0.05) is 0 Å². The number of hydrogen-bond acceptors (Lipinski definition) is 4. The summed E-state index contributed by atoms with van der Waals surface area (Å²) in [6.07, 6.45) is -0.366. The Bertz CT molecular complexity index is 70.2. The Morgan fingerprint density at radius 2 is 1.89 bits per heavy atom. The van der Waals surface area contributed by atoms with Crippen LogP contribution in [0.4, 0.5) is 0 Å². The highest BCUT2D eigenvalue weighted by Gasteiger charge is 1.78. The zero-order chi connectivity index (χ0) is 7.86. The Labute approximate surface area is 52.2 Å². The first-order valence-electron chi connectivity index (χ1n) is 2.19. The van der Waals surface area contributed by atoms with E-state index in [2.05, 4.69) is 5.32 Å². The quantitative estimate of drug-likeness (QED) is 0.250. The van der Waals surface area contributed by atoms with Crippen LogP contribution in [0, 0.1) is 10.1 Å². The molecule has 0 aliphatic carbocycles. The fraction of sp³-hybridized carbons (Fsp3) is 1.00. The third kappa shape index (κ3) is 149. The van der Waals surface area contributed by atoms with E-state index in [4.69, 9.17) is 20.4 Å². The first-order chi connectivity index (χ1) is 4.00. The van der Waals surface area contributed by atoms with E-state index >= 15 is 0 Å². The van der Waals surface area contributed by atoms with Gasteiger partial charge in [0.15, 0.2) is 0 Å². The van der Waals surface area contributed by atoms with Gasteiger partial charge in [0.1, 0.15) is 6.23 Å². The molecule has 0 saturated heterocycles. The Kier molecular flexibility index (Phi) is 8.69. The van der Waals surface area contributed by atoms with Crippen LogP contribution in [0.1, 0.15) is 6.92 Å². The fourth-order valence-corrected chi connectivity index (χ4v) is 0. The Hall–Kier alpha value is -0.880. The van der Waals surface area contributed by atoms with Gasteiger partial charge in [-0.3, -0.25) is 5.32 Å². The van der Waals surface area contributed by atoms with Crippen LogP contribution < -0.4 is 5.32 Å². The van der Waals surface area contributed by atoms with Gasteiger partial charge in [-0.2, -0.15) is 0 Å². The van der Waals surface area contributed by atoms with Crippen LogP contribution in [0.5, 0.6) is 0 Å². The van der Waals surface area contributed by atoms with Gasteiger partial charge < -0.3 is 10.3 Å². The second-order valence-electron chi connectivity index (χ2n) is 1.20. The predicted molar refractivity (Wildman–Crippen MR) is 29.5 cm³/mol. The lowest BCUT2D eigenvalue weighted by molar-refractivity contribution is -0.742. The number of rotatable bonds is 1. The molecule has 6 heteroatoms. The van der Waals surface area contributed by atoms with Crippen molar-refractivity contribution in [3.8, 4) is 0 Å². The molecule has 0 aliphatic rings. The SMILES string of the molecule is CNC(C)O.O=[N+]([O-])O. The first kappa shape index (κ1) is 11.0. The molecule has 0 bridgehead atoms. The zero-order valence-corrected chi connectivity index (χ0v) is 5.24. The molecular formula is C3H10N2O4. The lowest BCUT2D eigenvalue weighted by atomic mass is 10.7. The molecule has 0 rings (SSSR count). The highest BCUT2D eigenvalue weighted by Crippen LogP contribution is 1.59. The lowest BCUT2D eigenvalue weighted by Crippen LogP contribution is -2.19. The second kappa shape index (κ2) is 7.12. The van der Waals surface area contributed by atoms with Crippen LogP contribution >= 0.6 is 0 Å². The van der Waals surface area contributed by atoms with Gasteiger partial charge in [-0.05, 0) is 14.0 Å². The molecule has 0 saturated carbocycles. The molecule has 3 N–H and O–H groups in total. The maximum Gasteiger partial charge on any atom is 0.291 e. The van der Waals surface area contributed by atoms with Crippen LogP contribution in [0.2, 0.25) is 0 Å². The monoisotopic (exact) mass is 138 g/mol. The summed E-state index contributed by atoms with van der Waals surface area (Å²) in [7, 11) is 1.70. The summed E-state index contributed by atoms with van der Waals surface area (Å²) in [5, 5.41) is 24.5. The van der Waals surface area contributed by atoms with Crippen LogP contribution in [0.3, 0.4) is 0 Å². The van der Waals surface area contributed by atoms with Gasteiger partial charge in [0.05, 0.1) is 0 Å². The van der Waals surface area contributed by atoms with Crippen LogP contribution in [-0.2, 0) is 0 Å². The van der Waals surface area contributed by atoms with E-state index in [1.165, 1.54) is 0 Å². The van der Waals surface area contributed by atoms with E-state index in [0.717, 1.165) is 0 Å². The minimum Gasteiger partial charge on any atom is -0.379 e. The summed E-state index contributed by atoms with van der Waals surface area (Å²) in [6, 6.07) is 0. The average Bonchev–Trinajstić information content (AvgIpc) is 1.65. The third-order valence-electron chi connectivity index (χ3n) is 0.418. The highest BCUT2D eigenvalue weighted by molar-refractivity contribution is 4.28. The van der Waals surface area contributed by atoms with Gasteiger partial charge in [-0.1, -0.05) is 0 Å². The molecular weight excluding hydrogens is 128 g/mol. The van der Waals surface area contributed by atoms with E-state index in [1.807, 2.05) is 0 Å². The van der Waals surface area contributed by atoms with Crippen molar-refractivity contribution >= 4 is 0 Å². The Morgan fingerprint density at radius 1 is 1.78 bits per heavy atom. The van der Waals surface area contributed by atoms with Crippen molar-refractivity contribution in [1.82, 2.24) is 5.32 Å². The predicted octanol–water partition coefficient (Wildman–Crippen LogP) is -0.804. The van der Waals surface area contributed by atoms with Crippen molar-refractivity contribution < 1.29 is 15.4 Å². The molecule has 1 unspecified atom stereocenters. The second-order valence-corrected chi connectivity index (χ2v) is 1.20. The molecule has 0 fully saturated rings. The number of aliphatic hydroxyl groups excluding tert-OH is 1. The average molecular weight is 138 g/mol. The van der Waals surface area contributed by atoms with Crippen molar-refractivity contribution in [3.63, 3.8) is 0 Å². The van der Waals surface area contributed by atoms with Crippen LogP contribution in [-0.4, -0.2) is 28.7 Å². The third-order valence-corrected chi connectivity index (χ3v) is 0.418. The molecule has 56 valence electrons. The van der Waals surface area contributed by atoms with E-state index in [0.29, 0.717) is 0 Å². The molecule has 0 radical (unpaired) electrons. The zero-order valence-electron chi connectivity index (χ0n) is 5.24. The molecule has 0 aromatic carbocycles. The molecule has 0 spiro atoms. The van der Waals surface area contributed by atoms with E-state index in [9.17, 15) is 0 Å². The maximum absolute atomic E-state index is 8.36. The molecule has 0 aromatic heterocycles. The smallest absolute Gasteiger partial charge is 0.291 e. The summed E-state index contributed by atoms with van der Waals surface area (Å²) >= 11 is 0. The van der Waals surface area contributed by atoms with E-state index < -0.39 is 5.09 Å². The largest absolute Gasteiger partial charge is 0.379 e. The summed E-state index contributed by atoms with van der Waals surface area (Å²) in [5.74, 6) is 0. The van der Waals surface area contributed by atoms with Gasteiger partial charge in [-0.15, -0.1) is 10.1 Å². The number of hydrogen-bond donors (Lipinski definition) is 3. The molecule has 0 aliphatic heterocycles. The fourth-order valence-electron chi connectivity index (χ4n) is 0. The minimum absolute atomic E-state index is 0.366. The summed E-state index contributed by atoms with van der Waals surface area (Å²) in [4.78, 5) is 8.36. The summed E-state index contributed by atoms with van der Waals surface area (Å²) in [6.45, 7) is 1.67. The van der Waals surface area contributed by atoms with Gasteiger partial charge in [-0.25, -0.2) is 0 Å². The number of nitrogens with zero attached hydrogens (tertiary/aromatic N) is 1. The van der Waals surface area contributed by atoms with Crippen molar-refractivity contribution in [2.24, 2.45) is 0 Å².